The largest absolute Gasteiger partial charge is 0.256 e. The molecule has 2 nitrogen and oxygen atoms in total. The van der Waals surface area contributed by atoms with E-state index in [0.717, 1.165) is 0 Å². The topological polar surface area (TPSA) is 8.81 Å². The third kappa shape index (κ3) is 15.1. The fraction of sp³-hybridized carbons (Fsp3) is 0.900. The smallest absolute Gasteiger partial charge is 0.234 e. The molecule has 0 radical (unpaired) electrons. The third-order valence-electron chi connectivity index (χ3n) is 7.10. The molecule has 0 amide bonds. The van der Waals surface area contributed by atoms with E-state index in [2.05, 4.69) is 42.3 Å². The lowest BCUT2D eigenvalue weighted by Gasteiger charge is -2.06. The first kappa shape index (κ1) is 29.2. The van der Waals surface area contributed by atoms with Crippen molar-refractivity contribution in [2.75, 3.05) is 0 Å². The Hall–Kier alpha value is -0.790. The highest BCUT2D eigenvalue weighted by Gasteiger charge is 2.16. The van der Waals surface area contributed by atoms with Crippen molar-refractivity contribution >= 4 is 0 Å². The summed E-state index contributed by atoms with van der Waals surface area (Å²) in [4.78, 5) is 0. The first-order chi connectivity index (χ1) is 15.8. The average Bonchev–Trinajstić information content (AvgIpc) is 3.18. The quantitative estimate of drug-likeness (QED) is 0.110. The summed E-state index contributed by atoms with van der Waals surface area (Å²) in [6, 6.07) is 0. The molecular formula is C30H59N2+. The van der Waals surface area contributed by atoms with Crippen molar-refractivity contribution in [1.29, 1.82) is 0 Å². The Bertz CT molecular complexity index is 505. The Morgan fingerprint density at radius 2 is 0.969 bits per heavy atom. The highest BCUT2D eigenvalue weighted by atomic mass is 15.1. The molecule has 1 rings (SSSR count). The van der Waals surface area contributed by atoms with Crippen molar-refractivity contribution in [2.24, 2.45) is 0 Å². The van der Waals surface area contributed by atoms with E-state index in [1.807, 2.05) is 0 Å². The van der Waals surface area contributed by atoms with Gasteiger partial charge in [-0.3, -0.25) is 0 Å². The zero-order valence-corrected chi connectivity index (χ0v) is 22.5. The van der Waals surface area contributed by atoms with Crippen LogP contribution in [-0.2, 0) is 19.5 Å². The van der Waals surface area contributed by atoms with Crippen molar-refractivity contribution in [3.05, 3.63) is 18.2 Å². The highest BCUT2D eigenvalue weighted by Crippen LogP contribution is 2.14. The Kier molecular flexibility index (Phi) is 20.1. The molecule has 2 heteroatoms. The molecule has 0 aliphatic rings. The third-order valence-corrected chi connectivity index (χ3v) is 7.10. The number of rotatable bonds is 24. The van der Waals surface area contributed by atoms with Crippen LogP contribution in [0.25, 0.3) is 0 Å². The van der Waals surface area contributed by atoms with E-state index in [0.29, 0.717) is 0 Å². The fourth-order valence-corrected chi connectivity index (χ4v) is 4.91. The lowest BCUT2D eigenvalue weighted by atomic mass is 10.0. The van der Waals surface area contributed by atoms with Crippen LogP contribution >= 0.6 is 0 Å². The van der Waals surface area contributed by atoms with Crippen molar-refractivity contribution in [1.82, 2.24) is 4.57 Å². The van der Waals surface area contributed by atoms with Gasteiger partial charge >= 0.3 is 0 Å². The van der Waals surface area contributed by atoms with Crippen LogP contribution in [0, 0.1) is 0 Å². The minimum absolute atomic E-state index is 1.21. The zero-order chi connectivity index (χ0) is 23.1. The highest BCUT2D eigenvalue weighted by molar-refractivity contribution is 4.84. The van der Waals surface area contributed by atoms with Crippen LogP contribution in [0.4, 0.5) is 0 Å². The van der Waals surface area contributed by atoms with Gasteiger partial charge in [-0.1, -0.05) is 124 Å². The molecule has 0 saturated heterocycles. The number of hydrogen-bond acceptors (Lipinski definition) is 0. The molecule has 0 bridgehead atoms. The number of imidazole rings is 1. The lowest BCUT2D eigenvalue weighted by molar-refractivity contribution is -0.704. The summed E-state index contributed by atoms with van der Waals surface area (Å²) in [5.74, 6) is 1.60. The van der Waals surface area contributed by atoms with Gasteiger partial charge in [0.05, 0.1) is 13.1 Å². The lowest BCUT2D eigenvalue weighted by Crippen LogP contribution is -2.37. The minimum atomic E-state index is 1.21. The van der Waals surface area contributed by atoms with Gasteiger partial charge in [-0.25, -0.2) is 9.13 Å². The molecule has 0 fully saturated rings. The number of unbranched alkanes of at least 4 members (excludes halogenated alkanes) is 18. The van der Waals surface area contributed by atoms with Gasteiger partial charge in [0.25, 0.3) is 5.82 Å². The van der Waals surface area contributed by atoms with Crippen LogP contribution in [0.1, 0.15) is 161 Å². The first-order valence-electron chi connectivity index (χ1n) is 14.9. The van der Waals surface area contributed by atoms with E-state index in [-0.39, 0.29) is 0 Å². The monoisotopic (exact) mass is 447 g/mol. The molecule has 0 aliphatic heterocycles. The molecule has 0 unspecified atom stereocenters. The number of nitrogens with zero attached hydrogens (tertiary/aromatic N) is 2. The van der Waals surface area contributed by atoms with Gasteiger partial charge in [-0.2, -0.15) is 0 Å². The van der Waals surface area contributed by atoms with Gasteiger partial charge < -0.3 is 0 Å². The summed E-state index contributed by atoms with van der Waals surface area (Å²) < 4.78 is 5.15. The molecule has 188 valence electrons. The maximum atomic E-state index is 2.58. The maximum absolute atomic E-state index is 2.58. The number of hydrogen-bond donors (Lipinski definition) is 0. The number of aryl methyl sites for hydroxylation is 2. The molecule has 0 spiro atoms. The Balaban J connectivity index is 2.20. The second kappa shape index (κ2) is 22.0. The van der Waals surface area contributed by atoms with E-state index in [1.54, 1.807) is 5.82 Å². The van der Waals surface area contributed by atoms with Crippen LogP contribution in [0.5, 0.6) is 0 Å². The number of aromatic nitrogens is 2. The standard InChI is InChI=1S/C30H59N2/c1-4-7-10-12-13-14-15-16-17-18-19-20-22-25-30-31(26-23-9-6-3)28-29-32(30)27-24-21-11-8-5-2/h28-29H,4-27H2,1-3H3/q+1. The van der Waals surface area contributed by atoms with Gasteiger partial charge in [0.2, 0.25) is 0 Å². The molecule has 1 heterocycles. The Morgan fingerprint density at radius 1 is 0.531 bits per heavy atom. The van der Waals surface area contributed by atoms with E-state index in [4.69, 9.17) is 0 Å². The van der Waals surface area contributed by atoms with E-state index < -0.39 is 0 Å². The van der Waals surface area contributed by atoms with Crippen molar-refractivity contribution in [2.45, 2.75) is 175 Å². The van der Waals surface area contributed by atoms with Gasteiger partial charge in [0, 0.05) is 6.42 Å². The van der Waals surface area contributed by atoms with Gasteiger partial charge in [0.15, 0.2) is 0 Å². The normalized spacial score (nSPS) is 11.5. The molecule has 0 N–H and O–H groups in total. The summed E-state index contributed by atoms with van der Waals surface area (Å²) >= 11 is 0. The molecule has 1 aromatic rings. The van der Waals surface area contributed by atoms with Crippen LogP contribution in [0.2, 0.25) is 0 Å². The maximum Gasteiger partial charge on any atom is 0.256 e. The summed E-state index contributed by atoms with van der Waals surface area (Å²) in [7, 11) is 0. The summed E-state index contributed by atoms with van der Waals surface area (Å²) in [5, 5.41) is 0. The first-order valence-corrected chi connectivity index (χ1v) is 14.9. The van der Waals surface area contributed by atoms with Crippen molar-refractivity contribution < 1.29 is 4.57 Å². The van der Waals surface area contributed by atoms with Gasteiger partial charge in [-0.05, 0) is 32.1 Å². The Labute approximate surface area is 202 Å². The predicted octanol–water partition coefficient (Wildman–Crippen LogP) is 9.57. The molecule has 0 aromatic carbocycles. The molecule has 0 saturated carbocycles. The SMILES string of the molecule is CCCCCCCCCCCCCCCc1n(CCCCCCC)cc[n+]1CCCCC. The van der Waals surface area contributed by atoms with Gasteiger partial charge in [0.1, 0.15) is 12.4 Å². The van der Waals surface area contributed by atoms with Crippen molar-refractivity contribution in [3.63, 3.8) is 0 Å². The van der Waals surface area contributed by atoms with Crippen LogP contribution in [0.3, 0.4) is 0 Å². The Morgan fingerprint density at radius 3 is 1.50 bits per heavy atom. The van der Waals surface area contributed by atoms with Crippen LogP contribution in [0.15, 0.2) is 12.4 Å². The second-order valence-electron chi connectivity index (χ2n) is 10.2. The molecule has 0 atom stereocenters. The van der Waals surface area contributed by atoms with Crippen LogP contribution < -0.4 is 4.57 Å². The zero-order valence-electron chi connectivity index (χ0n) is 22.5. The van der Waals surface area contributed by atoms with E-state index in [9.17, 15) is 0 Å². The molecule has 32 heavy (non-hydrogen) atoms. The molecular weight excluding hydrogens is 388 g/mol. The van der Waals surface area contributed by atoms with Gasteiger partial charge in [-0.15, -0.1) is 0 Å². The summed E-state index contributed by atoms with van der Waals surface area (Å²) in [6.45, 7) is 9.35. The van der Waals surface area contributed by atoms with Crippen LogP contribution in [-0.4, -0.2) is 4.57 Å². The summed E-state index contributed by atoms with van der Waals surface area (Å²) in [6.07, 6.45) is 35.6. The molecule has 1 aromatic heterocycles. The predicted molar refractivity (Wildman–Crippen MR) is 142 cm³/mol. The second-order valence-corrected chi connectivity index (χ2v) is 10.2. The van der Waals surface area contributed by atoms with Crippen molar-refractivity contribution in [3.8, 4) is 0 Å². The average molecular weight is 448 g/mol. The van der Waals surface area contributed by atoms with E-state index in [1.165, 1.54) is 154 Å². The molecule has 0 aliphatic carbocycles. The summed E-state index contributed by atoms with van der Waals surface area (Å²) in [5.41, 5.74) is 0. The minimum Gasteiger partial charge on any atom is -0.234 e. The van der Waals surface area contributed by atoms with E-state index >= 15 is 0 Å². The fourth-order valence-electron chi connectivity index (χ4n) is 4.91.